The van der Waals surface area contributed by atoms with Crippen LogP contribution in [0.2, 0.25) is 0 Å². The molecule has 0 unspecified atom stereocenters. The van der Waals surface area contributed by atoms with Crippen LogP contribution in [0.25, 0.3) is 11.0 Å². The van der Waals surface area contributed by atoms with E-state index in [0.717, 1.165) is 11.1 Å². The fourth-order valence-corrected chi connectivity index (χ4v) is 4.17. The average Bonchev–Trinajstić information content (AvgIpc) is 3.08. The van der Waals surface area contributed by atoms with Crippen LogP contribution in [0.1, 0.15) is 53.6 Å². The Hall–Kier alpha value is -3.65. The normalized spacial score (nSPS) is 15.2. The molecule has 0 bridgehead atoms. The van der Waals surface area contributed by atoms with E-state index in [1.54, 1.807) is 41.3 Å². The van der Waals surface area contributed by atoms with E-state index in [4.69, 9.17) is 19.6 Å². The molecule has 0 saturated heterocycles. The maximum Gasteiger partial charge on any atom is 0.290 e. The highest BCUT2D eigenvalue weighted by atomic mass is 16.5. The van der Waals surface area contributed by atoms with Crippen molar-refractivity contribution in [2.24, 2.45) is 5.73 Å². The van der Waals surface area contributed by atoms with Gasteiger partial charge in [0, 0.05) is 13.2 Å². The van der Waals surface area contributed by atoms with Crippen LogP contribution < -0.4 is 15.9 Å². The summed E-state index contributed by atoms with van der Waals surface area (Å²) in [7, 11) is 0. The van der Waals surface area contributed by atoms with Crippen LogP contribution in [0.5, 0.6) is 5.75 Å². The van der Waals surface area contributed by atoms with E-state index in [1.807, 2.05) is 26.8 Å². The van der Waals surface area contributed by atoms with Crippen molar-refractivity contribution in [2.45, 2.75) is 39.3 Å². The molecular formula is C26H28N2O6. The zero-order chi connectivity index (χ0) is 24.4. The molecule has 2 amide bonds. The topological polar surface area (TPSA) is 112 Å². The summed E-state index contributed by atoms with van der Waals surface area (Å²) in [5, 5.41) is 0.447. The Labute approximate surface area is 197 Å². The number of benzene rings is 2. The molecule has 0 saturated carbocycles. The molecule has 3 aromatic rings. The minimum absolute atomic E-state index is 0.0742. The Kier molecular flexibility index (Phi) is 6.70. The van der Waals surface area contributed by atoms with Gasteiger partial charge in [0.25, 0.3) is 11.8 Å². The minimum atomic E-state index is -0.604. The van der Waals surface area contributed by atoms with Gasteiger partial charge in [0.2, 0.25) is 5.76 Å². The highest BCUT2D eigenvalue weighted by Crippen LogP contribution is 2.38. The molecule has 34 heavy (non-hydrogen) atoms. The first-order chi connectivity index (χ1) is 16.3. The molecule has 2 aromatic carbocycles. The lowest BCUT2D eigenvalue weighted by Gasteiger charge is -2.25. The van der Waals surface area contributed by atoms with Crippen LogP contribution >= 0.6 is 0 Å². The van der Waals surface area contributed by atoms with Gasteiger partial charge in [-0.2, -0.15) is 0 Å². The highest BCUT2D eigenvalue weighted by Gasteiger charge is 2.42. The molecule has 1 aromatic heterocycles. The van der Waals surface area contributed by atoms with Gasteiger partial charge in [0.15, 0.2) is 12.0 Å². The first-order valence-electron chi connectivity index (χ1n) is 11.3. The maximum atomic E-state index is 13.6. The van der Waals surface area contributed by atoms with Crippen LogP contribution in [-0.4, -0.2) is 42.6 Å². The monoisotopic (exact) mass is 464 g/mol. The number of hydrogen-bond acceptors (Lipinski definition) is 6. The first kappa shape index (κ1) is 23.5. The summed E-state index contributed by atoms with van der Waals surface area (Å²) in [6.07, 6.45) is 0.702. The third-order valence-electron chi connectivity index (χ3n) is 5.69. The summed E-state index contributed by atoms with van der Waals surface area (Å²) in [5.41, 5.74) is 7.32. The second-order valence-corrected chi connectivity index (χ2v) is 8.67. The second-order valence-electron chi connectivity index (χ2n) is 8.67. The van der Waals surface area contributed by atoms with E-state index in [2.05, 4.69) is 0 Å². The average molecular weight is 465 g/mol. The summed E-state index contributed by atoms with van der Waals surface area (Å²) in [6.45, 7) is 6.47. The second kappa shape index (κ2) is 9.69. The number of ether oxygens (including phenoxy) is 2. The zero-order valence-corrected chi connectivity index (χ0v) is 19.5. The van der Waals surface area contributed by atoms with Gasteiger partial charge in [-0.25, -0.2) is 0 Å². The summed E-state index contributed by atoms with van der Waals surface area (Å²) in [6, 6.07) is 11.7. The number of rotatable bonds is 9. The third-order valence-corrected chi connectivity index (χ3v) is 5.69. The number of aryl methyl sites for hydroxylation is 1. The molecule has 2 N–H and O–H groups in total. The lowest BCUT2D eigenvalue weighted by Crippen LogP contribution is -2.31. The lowest BCUT2D eigenvalue weighted by molar-refractivity contribution is -0.119. The van der Waals surface area contributed by atoms with Crippen molar-refractivity contribution in [1.29, 1.82) is 0 Å². The molecule has 0 aliphatic carbocycles. The lowest BCUT2D eigenvalue weighted by atomic mass is 9.98. The molecular weight excluding hydrogens is 436 g/mol. The van der Waals surface area contributed by atoms with Crippen molar-refractivity contribution in [3.05, 3.63) is 75.1 Å². The van der Waals surface area contributed by atoms with Crippen molar-refractivity contribution in [1.82, 2.24) is 4.90 Å². The van der Waals surface area contributed by atoms with Crippen LogP contribution in [0, 0.1) is 6.92 Å². The highest BCUT2D eigenvalue weighted by molar-refractivity contribution is 5.99. The number of carbonyl (C=O) groups is 2. The molecule has 2 heterocycles. The number of primary amides is 1. The van der Waals surface area contributed by atoms with Gasteiger partial charge in [-0.3, -0.25) is 14.4 Å². The van der Waals surface area contributed by atoms with Crippen molar-refractivity contribution in [3.8, 4) is 5.75 Å². The number of nitrogens with zero attached hydrogens (tertiary/aromatic N) is 1. The summed E-state index contributed by atoms with van der Waals surface area (Å²) in [5.74, 6) is -0.359. The molecule has 4 rings (SSSR count). The van der Waals surface area contributed by atoms with E-state index < -0.39 is 11.9 Å². The van der Waals surface area contributed by atoms with E-state index >= 15 is 0 Å². The van der Waals surface area contributed by atoms with Gasteiger partial charge in [0.1, 0.15) is 11.3 Å². The van der Waals surface area contributed by atoms with E-state index in [9.17, 15) is 14.4 Å². The number of fused-ring (bicyclic) bond motifs is 2. The Morgan fingerprint density at radius 2 is 1.88 bits per heavy atom. The van der Waals surface area contributed by atoms with Crippen LogP contribution in [0.4, 0.5) is 0 Å². The fourth-order valence-electron chi connectivity index (χ4n) is 4.17. The van der Waals surface area contributed by atoms with Crippen LogP contribution in [0.15, 0.2) is 51.7 Å². The fraction of sp³-hybridized carbons (Fsp3) is 0.346. The van der Waals surface area contributed by atoms with Crippen molar-refractivity contribution < 1.29 is 23.5 Å². The van der Waals surface area contributed by atoms with Crippen LogP contribution in [-0.2, 0) is 9.53 Å². The number of hydrogen-bond donors (Lipinski definition) is 1. The number of amides is 2. The Morgan fingerprint density at radius 3 is 2.56 bits per heavy atom. The molecule has 8 nitrogen and oxygen atoms in total. The van der Waals surface area contributed by atoms with Gasteiger partial charge in [-0.15, -0.1) is 0 Å². The maximum absolute atomic E-state index is 13.6. The molecule has 0 radical (unpaired) electrons. The number of nitrogens with two attached hydrogens (primary N) is 1. The molecule has 8 heteroatoms. The molecule has 178 valence electrons. The summed E-state index contributed by atoms with van der Waals surface area (Å²) >= 11 is 0. The molecule has 0 fully saturated rings. The van der Waals surface area contributed by atoms with Gasteiger partial charge >= 0.3 is 0 Å². The van der Waals surface area contributed by atoms with Crippen LogP contribution in [0.3, 0.4) is 0 Å². The molecule has 1 atom stereocenters. The Morgan fingerprint density at radius 1 is 1.15 bits per heavy atom. The molecule has 0 spiro atoms. The van der Waals surface area contributed by atoms with Gasteiger partial charge in [0.05, 0.1) is 23.1 Å². The van der Waals surface area contributed by atoms with E-state index in [0.29, 0.717) is 41.9 Å². The van der Waals surface area contributed by atoms with E-state index in [1.165, 1.54) is 0 Å². The Bertz CT molecular complexity index is 1280. The van der Waals surface area contributed by atoms with Crippen molar-refractivity contribution in [3.63, 3.8) is 0 Å². The predicted octanol–water partition coefficient (Wildman–Crippen LogP) is 3.33. The quantitative estimate of drug-likeness (QED) is 0.486. The van der Waals surface area contributed by atoms with E-state index in [-0.39, 0.29) is 29.8 Å². The number of carbonyl (C=O) groups excluding carboxylic acids is 2. The molecule has 1 aliphatic rings. The predicted molar refractivity (Wildman–Crippen MR) is 127 cm³/mol. The third kappa shape index (κ3) is 4.68. The first-order valence-corrected chi connectivity index (χ1v) is 11.3. The summed E-state index contributed by atoms with van der Waals surface area (Å²) in [4.78, 5) is 39.6. The summed E-state index contributed by atoms with van der Waals surface area (Å²) < 4.78 is 17.0. The SMILES string of the molecule is Cc1ccc2oc3c(c(=O)c2c1)[C@H](c1ccc(OCC(N)=O)cc1)N(CCCOC(C)C)C3=O. The van der Waals surface area contributed by atoms with Gasteiger partial charge in [-0.1, -0.05) is 23.8 Å². The Balaban J connectivity index is 1.75. The zero-order valence-electron chi connectivity index (χ0n) is 19.5. The van der Waals surface area contributed by atoms with Crippen molar-refractivity contribution in [2.75, 3.05) is 19.8 Å². The molecule has 1 aliphatic heterocycles. The smallest absolute Gasteiger partial charge is 0.290 e. The van der Waals surface area contributed by atoms with Gasteiger partial charge < -0.3 is 24.5 Å². The standard InChI is InChI=1S/C26H28N2O6/c1-15(2)32-12-4-11-28-23(17-6-8-18(9-7-17)33-14-21(27)29)22-24(30)19-13-16(3)5-10-20(19)34-25(22)26(28)31/h5-10,13,15,23H,4,11-12,14H2,1-3H3,(H2,27,29)/t23-/m0/s1. The van der Waals surface area contributed by atoms with Gasteiger partial charge in [-0.05, 0) is 57.0 Å². The van der Waals surface area contributed by atoms with Crippen molar-refractivity contribution >= 4 is 22.8 Å². The minimum Gasteiger partial charge on any atom is -0.484 e. The largest absolute Gasteiger partial charge is 0.484 e.